The first-order chi connectivity index (χ1) is 8.84. The van der Waals surface area contributed by atoms with Crippen LogP contribution in [0.25, 0.3) is 0 Å². The van der Waals surface area contributed by atoms with Crippen LogP contribution in [0.15, 0.2) is 30.4 Å². The lowest BCUT2D eigenvalue weighted by atomic mass is 10.1. The number of nitrogens with zero attached hydrogens (tertiary/aromatic N) is 2. The summed E-state index contributed by atoms with van der Waals surface area (Å²) in [5, 5.41) is 8.61. The number of anilines is 1. The first-order valence-electron chi connectivity index (χ1n) is 5.02. The van der Waals surface area contributed by atoms with Crippen molar-refractivity contribution in [1.29, 1.82) is 5.26 Å². The number of rotatable bonds is 1. The Balaban J connectivity index is 2.61. The van der Waals surface area contributed by atoms with Crippen LogP contribution >= 0.6 is 0 Å². The van der Waals surface area contributed by atoms with Gasteiger partial charge in [0.05, 0.1) is 22.9 Å². The third-order valence-corrected chi connectivity index (χ3v) is 2.48. The Morgan fingerprint density at radius 2 is 1.68 bits per heavy atom. The number of benzene rings is 1. The van der Waals surface area contributed by atoms with Gasteiger partial charge in [-0.3, -0.25) is 9.59 Å². The summed E-state index contributed by atoms with van der Waals surface area (Å²) in [6.07, 6.45) is -2.99. The first kappa shape index (κ1) is 12.8. The summed E-state index contributed by atoms with van der Waals surface area (Å²) < 4.78 is 38.7. The van der Waals surface area contributed by atoms with Gasteiger partial charge in [0.15, 0.2) is 0 Å². The molecule has 4 nitrogen and oxygen atoms in total. The fourth-order valence-electron chi connectivity index (χ4n) is 1.67. The first-order valence-corrected chi connectivity index (χ1v) is 5.02. The summed E-state index contributed by atoms with van der Waals surface area (Å²) in [6.45, 7) is 0. The van der Waals surface area contributed by atoms with Gasteiger partial charge in [0.1, 0.15) is 0 Å². The van der Waals surface area contributed by atoms with Crippen molar-refractivity contribution in [3.63, 3.8) is 0 Å². The van der Waals surface area contributed by atoms with E-state index in [1.807, 2.05) is 0 Å². The quantitative estimate of drug-likeness (QED) is 0.730. The molecule has 96 valence electrons. The lowest BCUT2D eigenvalue weighted by Crippen LogP contribution is -2.31. The molecule has 0 saturated carbocycles. The molecule has 1 aromatic carbocycles. The van der Waals surface area contributed by atoms with Gasteiger partial charge in [0.25, 0.3) is 11.8 Å². The number of carbonyl (C=O) groups excluding carboxylic acids is 2. The van der Waals surface area contributed by atoms with E-state index in [2.05, 4.69) is 0 Å². The molecule has 1 aromatic rings. The summed E-state index contributed by atoms with van der Waals surface area (Å²) in [4.78, 5) is 23.2. The van der Waals surface area contributed by atoms with Gasteiger partial charge in [-0.2, -0.15) is 18.4 Å². The van der Waals surface area contributed by atoms with Crippen molar-refractivity contribution < 1.29 is 22.8 Å². The van der Waals surface area contributed by atoms with E-state index < -0.39 is 29.2 Å². The molecule has 0 unspecified atom stereocenters. The Labute approximate surface area is 105 Å². The van der Waals surface area contributed by atoms with Crippen LogP contribution in [0.5, 0.6) is 0 Å². The third kappa shape index (κ3) is 2.20. The zero-order valence-electron chi connectivity index (χ0n) is 9.23. The zero-order valence-corrected chi connectivity index (χ0v) is 9.23. The van der Waals surface area contributed by atoms with E-state index in [9.17, 15) is 22.8 Å². The van der Waals surface area contributed by atoms with E-state index in [1.54, 1.807) is 6.07 Å². The van der Waals surface area contributed by atoms with Gasteiger partial charge in [-0.25, -0.2) is 4.90 Å². The van der Waals surface area contributed by atoms with Crippen LogP contribution in [0.4, 0.5) is 18.9 Å². The number of carbonyl (C=O) groups is 2. The smallest absolute Gasteiger partial charge is 0.269 e. The summed E-state index contributed by atoms with van der Waals surface area (Å²) in [5.41, 5.74) is -1.98. The minimum Gasteiger partial charge on any atom is -0.269 e. The fraction of sp³-hybridized carbons (Fsp3) is 0.0833. The number of alkyl halides is 3. The molecule has 7 heteroatoms. The van der Waals surface area contributed by atoms with Crippen LogP contribution in [0.3, 0.4) is 0 Å². The Kier molecular flexibility index (Phi) is 2.86. The second kappa shape index (κ2) is 4.24. The van der Waals surface area contributed by atoms with Crippen molar-refractivity contribution in [3.8, 4) is 6.07 Å². The highest BCUT2D eigenvalue weighted by Gasteiger charge is 2.38. The van der Waals surface area contributed by atoms with Crippen LogP contribution in [0.2, 0.25) is 0 Å². The lowest BCUT2D eigenvalue weighted by molar-refractivity contribution is -0.137. The monoisotopic (exact) mass is 266 g/mol. The highest BCUT2D eigenvalue weighted by Crippen LogP contribution is 2.38. The summed E-state index contributed by atoms with van der Waals surface area (Å²) in [5.74, 6) is -1.69. The average molecular weight is 266 g/mol. The van der Waals surface area contributed by atoms with E-state index in [-0.39, 0.29) is 5.56 Å². The molecule has 0 aliphatic carbocycles. The van der Waals surface area contributed by atoms with Crippen molar-refractivity contribution >= 4 is 17.5 Å². The second-order valence-corrected chi connectivity index (χ2v) is 3.69. The number of hydrogen-bond donors (Lipinski definition) is 0. The molecule has 0 bridgehead atoms. The fourth-order valence-corrected chi connectivity index (χ4v) is 1.67. The molecule has 0 fully saturated rings. The van der Waals surface area contributed by atoms with E-state index in [1.165, 1.54) is 0 Å². The minimum atomic E-state index is -4.77. The molecule has 2 amide bonds. The molecule has 1 aliphatic rings. The predicted octanol–water partition coefficient (Wildman–Crippen LogP) is 2.01. The molecular formula is C12H5F3N2O2. The molecule has 1 heterocycles. The maximum Gasteiger partial charge on any atom is 0.418 e. The van der Waals surface area contributed by atoms with Crippen LogP contribution in [-0.2, 0) is 15.8 Å². The minimum absolute atomic E-state index is 0.205. The normalized spacial score (nSPS) is 14.9. The van der Waals surface area contributed by atoms with Gasteiger partial charge >= 0.3 is 6.18 Å². The van der Waals surface area contributed by atoms with E-state index in [0.29, 0.717) is 11.0 Å². The number of hydrogen-bond acceptors (Lipinski definition) is 3. The number of nitriles is 1. The number of halogens is 3. The summed E-state index contributed by atoms with van der Waals surface area (Å²) >= 11 is 0. The van der Waals surface area contributed by atoms with Crippen molar-refractivity contribution in [1.82, 2.24) is 0 Å². The van der Waals surface area contributed by atoms with Crippen LogP contribution in [-0.4, -0.2) is 11.8 Å². The van der Waals surface area contributed by atoms with Gasteiger partial charge < -0.3 is 0 Å². The van der Waals surface area contributed by atoms with Gasteiger partial charge in [0, 0.05) is 12.2 Å². The Bertz CT molecular complexity index is 623. The van der Waals surface area contributed by atoms with E-state index in [0.717, 1.165) is 24.3 Å². The number of amides is 2. The standard InChI is InChI=1S/C12H5F3N2O2/c13-12(14,15)8-5-7(6-16)1-2-9(8)17-10(18)3-4-11(17)19/h1-5H. The summed E-state index contributed by atoms with van der Waals surface area (Å²) in [7, 11) is 0. The largest absolute Gasteiger partial charge is 0.418 e. The molecule has 0 N–H and O–H groups in total. The second-order valence-electron chi connectivity index (χ2n) is 3.69. The van der Waals surface area contributed by atoms with Crippen molar-refractivity contribution in [2.24, 2.45) is 0 Å². The van der Waals surface area contributed by atoms with Gasteiger partial charge in [0.2, 0.25) is 0 Å². The van der Waals surface area contributed by atoms with Crippen molar-refractivity contribution in [3.05, 3.63) is 41.5 Å². The molecule has 0 radical (unpaired) electrons. The molecule has 0 aromatic heterocycles. The highest BCUT2D eigenvalue weighted by molar-refractivity contribution is 6.28. The zero-order chi connectivity index (χ0) is 14.2. The van der Waals surface area contributed by atoms with Crippen LogP contribution < -0.4 is 4.90 Å². The lowest BCUT2D eigenvalue weighted by Gasteiger charge is -2.19. The Morgan fingerprint density at radius 1 is 1.11 bits per heavy atom. The Hall–Kier alpha value is -2.62. The molecule has 0 atom stereocenters. The topological polar surface area (TPSA) is 61.2 Å². The van der Waals surface area contributed by atoms with Crippen molar-refractivity contribution in [2.75, 3.05) is 4.90 Å². The van der Waals surface area contributed by atoms with E-state index in [4.69, 9.17) is 5.26 Å². The maximum absolute atomic E-state index is 12.9. The highest BCUT2D eigenvalue weighted by atomic mass is 19.4. The van der Waals surface area contributed by atoms with Crippen LogP contribution in [0, 0.1) is 11.3 Å². The number of imide groups is 1. The van der Waals surface area contributed by atoms with Crippen molar-refractivity contribution in [2.45, 2.75) is 6.18 Å². The van der Waals surface area contributed by atoms with E-state index >= 15 is 0 Å². The van der Waals surface area contributed by atoms with Gasteiger partial charge in [-0.05, 0) is 18.2 Å². The van der Waals surface area contributed by atoms with Gasteiger partial charge in [-0.1, -0.05) is 0 Å². The molecule has 2 rings (SSSR count). The van der Waals surface area contributed by atoms with Crippen LogP contribution in [0.1, 0.15) is 11.1 Å². The molecule has 1 aliphatic heterocycles. The SMILES string of the molecule is N#Cc1ccc(N2C(=O)C=CC2=O)c(C(F)(F)F)c1. The molecular weight excluding hydrogens is 261 g/mol. The molecule has 0 spiro atoms. The average Bonchev–Trinajstić information content (AvgIpc) is 2.67. The molecule has 19 heavy (non-hydrogen) atoms. The van der Waals surface area contributed by atoms with Gasteiger partial charge in [-0.15, -0.1) is 0 Å². The Morgan fingerprint density at radius 3 is 2.16 bits per heavy atom. The third-order valence-electron chi connectivity index (χ3n) is 2.48. The maximum atomic E-state index is 12.9. The molecule has 0 saturated heterocycles. The summed E-state index contributed by atoms with van der Waals surface area (Å²) in [6, 6.07) is 4.23. The predicted molar refractivity (Wildman–Crippen MR) is 57.8 cm³/mol.